The number of nitrogens with zero attached hydrogens (tertiary/aromatic N) is 2. The maximum absolute atomic E-state index is 14.2. The number of benzene rings is 1. The summed E-state index contributed by atoms with van der Waals surface area (Å²) in [6.45, 7) is 4.06. The summed E-state index contributed by atoms with van der Waals surface area (Å²) in [5, 5.41) is 0. The molecule has 25 heavy (non-hydrogen) atoms. The van der Waals surface area contributed by atoms with Crippen LogP contribution in [0.3, 0.4) is 0 Å². The molecule has 2 aromatic rings. The van der Waals surface area contributed by atoms with Crippen LogP contribution in [0.5, 0.6) is 0 Å². The second-order valence-electron chi connectivity index (χ2n) is 6.32. The fourth-order valence-corrected chi connectivity index (χ4v) is 4.30. The molecule has 0 fully saturated rings. The monoisotopic (exact) mass is 428 g/mol. The highest BCUT2D eigenvalue weighted by molar-refractivity contribution is 9.10. The Labute approximate surface area is 157 Å². The van der Waals surface area contributed by atoms with E-state index in [0.717, 1.165) is 0 Å². The minimum absolute atomic E-state index is 0.0177. The van der Waals surface area contributed by atoms with Gasteiger partial charge >= 0.3 is 0 Å². The maximum Gasteiger partial charge on any atom is 0.214 e. The number of hydrogen-bond donors (Lipinski definition) is 0. The van der Waals surface area contributed by atoms with Gasteiger partial charge in [-0.2, -0.15) is 4.31 Å². The highest BCUT2D eigenvalue weighted by atomic mass is 79.9. The predicted octanol–water partition coefficient (Wildman–Crippen LogP) is 4.36. The average Bonchev–Trinajstić information content (AvgIpc) is 2.55. The quantitative estimate of drug-likeness (QED) is 0.627. The van der Waals surface area contributed by atoms with Gasteiger partial charge in [0.2, 0.25) is 10.0 Å². The Bertz CT molecular complexity index is 798. The number of aromatic nitrogens is 1. The fourth-order valence-electron chi connectivity index (χ4n) is 2.28. The molecule has 0 aliphatic carbocycles. The van der Waals surface area contributed by atoms with E-state index in [0.29, 0.717) is 22.2 Å². The van der Waals surface area contributed by atoms with Gasteiger partial charge in [0, 0.05) is 22.8 Å². The van der Waals surface area contributed by atoms with Gasteiger partial charge in [-0.05, 0) is 36.6 Å². The first kappa shape index (κ1) is 20.0. The van der Waals surface area contributed by atoms with Crippen molar-refractivity contribution in [3.8, 4) is 0 Å². The zero-order chi connectivity index (χ0) is 18.4. The molecule has 136 valence electrons. The Morgan fingerprint density at radius 1 is 1.20 bits per heavy atom. The van der Waals surface area contributed by atoms with E-state index in [2.05, 4.69) is 20.9 Å². The Balaban J connectivity index is 2.27. The zero-order valence-corrected chi connectivity index (χ0v) is 16.7. The Kier molecular flexibility index (Phi) is 7.10. The third kappa shape index (κ3) is 6.17. The van der Waals surface area contributed by atoms with E-state index in [-0.39, 0.29) is 24.8 Å². The summed E-state index contributed by atoms with van der Waals surface area (Å²) in [6, 6.07) is 10.00. The molecule has 1 aromatic carbocycles. The first-order chi connectivity index (χ1) is 11.8. The predicted molar refractivity (Wildman–Crippen MR) is 101 cm³/mol. The van der Waals surface area contributed by atoms with Crippen LogP contribution in [-0.2, 0) is 23.1 Å². The molecule has 0 atom stereocenters. The third-order valence-corrected chi connectivity index (χ3v) is 6.06. The molecule has 2 rings (SSSR count). The van der Waals surface area contributed by atoms with Gasteiger partial charge < -0.3 is 0 Å². The van der Waals surface area contributed by atoms with E-state index in [1.807, 2.05) is 19.9 Å². The minimum atomic E-state index is -3.53. The second-order valence-corrected chi connectivity index (χ2v) is 9.33. The van der Waals surface area contributed by atoms with Crippen molar-refractivity contribution in [1.29, 1.82) is 0 Å². The molecule has 0 unspecified atom stereocenters. The van der Waals surface area contributed by atoms with Crippen molar-refractivity contribution in [2.45, 2.75) is 33.4 Å². The lowest BCUT2D eigenvalue weighted by Crippen LogP contribution is -2.33. The standard InChI is InChI=1S/C18H22BrFN2O2S/c1-14(2)8-10-25(23,24)22(13-17-5-3-4-9-21-17)12-15-6-7-16(19)11-18(15)20/h3-7,9,11,14H,8,10,12-13H2,1-2H3. The normalized spacial score (nSPS) is 12.1. The van der Waals surface area contributed by atoms with Crippen LogP contribution in [0.4, 0.5) is 4.39 Å². The van der Waals surface area contributed by atoms with Crippen molar-refractivity contribution in [2.24, 2.45) is 5.92 Å². The number of rotatable bonds is 8. The van der Waals surface area contributed by atoms with Gasteiger partial charge in [0.15, 0.2) is 0 Å². The lowest BCUT2D eigenvalue weighted by molar-refractivity contribution is 0.387. The number of pyridine rings is 1. The maximum atomic E-state index is 14.2. The van der Waals surface area contributed by atoms with E-state index >= 15 is 0 Å². The van der Waals surface area contributed by atoms with Gasteiger partial charge in [-0.1, -0.05) is 41.9 Å². The molecule has 0 aliphatic heterocycles. The molecule has 7 heteroatoms. The highest BCUT2D eigenvalue weighted by Gasteiger charge is 2.24. The van der Waals surface area contributed by atoms with Crippen LogP contribution >= 0.6 is 15.9 Å². The van der Waals surface area contributed by atoms with Crippen LogP contribution in [0, 0.1) is 11.7 Å². The molecule has 0 bridgehead atoms. The molecular weight excluding hydrogens is 407 g/mol. The van der Waals surface area contributed by atoms with Gasteiger partial charge in [-0.25, -0.2) is 12.8 Å². The highest BCUT2D eigenvalue weighted by Crippen LogP contribution is 2.20. The van der Waals surface area contributed by atoms with Gasteiger partial charge in [0.05, 0.1) is 18.0 Å². The number of halogens is 2. The molecular formula is C18H22BrFN2O2S. The Morgan fingerprint density at radius 2 is 1.96 bits per heavy atom. The topological polar surface area (TPSA) is 50.3 Å². The van der Waals surface area contributed by atoms with Crippen LogP contribution in [0.15, 0.2) is 47.1 Å². The van der Waals surface area contributed by atoms with Crippen LogP contribution in [0.25, 0.3) is 0 Å². The van der Waals surface area contributed by atoms with Crippen molar-refractivity contribution >= 4 is 26.0 Å². The first-order valence-corrected chi connectivity index (χ1v) is 10.5. The van der Waals surface area contributed by atoms with E-state index in [4.69, 9.17) is 0 Å². The van der Waals surface area contributed by atoms with Crippen molar-refractivity contribution in [1.82, 2.24) is 9.29 Å². The third-order valence-electron chi connectivity index (χ3n) is 3.77. The molecule has 1 aromatic heterocycles. The summed E-state index contributed by atoms with van der Waals surface area (Å²) in [6.07, 6.45) is 2.18. The van der Waals surface area contributed by atoms with Crippen LogP contribution in [0.1, 0.15) is 31.5 Å². The van der Waals surface area contributed by atoms with Gasteiger partial charge in [0.1, 0.15) is 5.82 Å². The molecule has 0 saturated heterocycles. The average molecular weight is 429 g/mol. The SMILES string of the molecule is CC(C)CCS(=O)(=O)N(Cc1ccccn1)Cc1ccc(Br)cc1F. The molecule has 0 radical (unpaired) electrons. The molecule has 0 N–H and O–H groups in total. The summed E-state index contributed by atoms with van der Waals surface area (Å²) in [5.41, 5.74) is 0.973. The zero-order valence-electron chi connectivity index (χ0n) is 14.3. The molecule has 4 nitrogen and oxygen atoms in total. The van der Waals surface area contributed by atoms with Crippen molar-refractivity contribution in [3.05, 3.63) is 64.1 Å². The van der Waals surface area contributed by atoms with Gasteiger partial charge in [-0.15, -0.1) is 0 Å². The van der Waals surface area contributed by atoms with E-state index in [9.17, 15) is 12.8 Å². The van der Waals surface area contributed by atoms with Gasteiger partial charge in [0.25, 0.3) is 0 Å². The number of hydrogen-bond acceptors (Lipinski definition) is 3. The number of sulfonamides is 1. The van der Waals surface area contributed by atoms with Crippen molar-refractivity contribution < 1.29 is 12.8 Å². The molecule has 0 saturated carbocycles. The van der Waals surface area contributed by atoms with Crippen molar-refractivity contribution in [3.63, 3.8) is 0 Å². The summed E-state index contributed by atoms with van der Waals surface area (Å²) >= 11 is 3.21. The van der Waals surface area contributed by atoms with Gasteiger partial charge in [-0.3, -0.25) is 4.98 Å². The Hall–Kier alpha value is -1.31. The van der Waals surface area contributed by atoms with Crippen LogP contribution < -0.4 is 0 Å². The minimum Gasteiger partial charge on any atom is -0.260 e. The second kappa shape index (κ2) is 8.87. The largest absolute Gasteiger partial charge is 0.260 e. The lowest BCUT2D eigenvalue weighted by Gasteiger charge is -2.23. The Morgan fingerprint density at radius 3 is 2.56 bits per heavy atom. The van der Waals surface area contributed by atoms with Crippen LogP contribution in [-0.4, -0.2) is 23.5 Å². The van der Waals surface area contributed by atoms with E-state index in [1.54, 1.807) is 30.5 Å². The first-order valence-electron chi connectivity index (χ1n) is 8.09. The van der Waals surface area contributed by atoms with Crippen LogP contribution in [0.2, 0.25) is 0 Å². The fraction of sp³-hybridized carbons (Fsp3) is 0.389. The smallest absolute Gasteiger partial charge is 0.214 e. The molecule has 0 aliphatic rings. The molecule has 1 heterocycles. The lowest BCUT2D eigenvalue weighted by atomic mass is 10.2. The molecule has 0 amide bonds. The summed E-state index contributed by atoms with van der Waals surface area (Å²) in [7, 11) is -3.53. The van der Waals surface area contributed by atoms with Crippen molar-refractivity contribution in [2.75, 3.05) is 5.75 Å². The van der Waals surface area contributed by atoms with E-state index < -0.39 is 15.8 Å². The molecule has 0 spiro atoms. The summed E-state index contributed by atoms with van der Waals surface area (Å²) < 4.78 is 41.7. The summed E-state index contributed by atoms with van der Waals surface area (Å²) in [4.78, 5) is 4.20. The summed E-state index contributed by atoms with van der Waals surface area (Å²) in [5.74, 6) is -0.120. The van der Waals surface area contributed by atoms with E-state index in [1.165, 1.54) is 10.4 Å².